The summed E-state index contributed by atoms with van der Waals surface area (Å²) >= 11 is 5.67. The van der Waals surface area contributed by atoms with Crippen LogP contribution in [-0.4, -0.2) is 23.8 Å². The Morgan fingerprint density at radius 2 is 2.27 bits per heavy atom. The molecule has 0 amide bonds. The fourth-order valence-electron chi connectivity index (χ4n) is 0.598. The molecule has 0 aliphatic heterocycles. The van der Waals surface area contributed by atoms with Crippen molar-refractivity contribution in [3.05, 3.63) is 9.33 Å². The lowest BCUT2D eigenvalue weighted by atomic mass is 10.9. The standard InChI is InChI=1S/C4H5NO3S3/c1-11(7,8)5-3(6)2-10-4(5)9/h2,6H,1H3. The molecule has 62 valence electrons. The number of hydrogen-bond acceptors (Lipinski definition) is 5. The topological polar surface area (TPSA) is 59.3 Å². The molecule has 4 nitrogen and oxygen atoms in total. The minimum Gasteiger partial charge on any atom is -0.493 e. The predicted molar refractivity (Wildman–Crippen MR) is 45.0 cm³/mol. The molecule has 0 aliphatic rings. The summed E-state index contributed by atoms with van der Waals surface area (Å²) in [6, 6.07) is 0. The summed E-state index contributed by atoms with van der Waals surface area (Å²) in [6.07, 6.45) is 0.981. The van der Waals surface area contributed by atoms with Crippen molar-refractivity contribution in [3.63, 3.8) is 0 Å². The third kappa shape index (κ3) is 1.60. The first-order valence-corrected chi connectivity index (χ1v) is 5.66. The van der Waals surface area contributed by atoms with E-state index in [2.05, 4.69) is 12.2 Å². The van der Waals surface area contributed by atoms with Crippen LogP contribution in [0, 0.1) is 3.95 Å². The first-order valence-electron chi connectivity index (χ1n) is 2.53. The summed E-state index contributed by atoms with van der Waals surface area (Å²) in [5.74, 6) is -0.331. The summed E-state index contributed by atoms with van der Waals surface area (Å²) in [5, 5.41) is 10.3. The molecular weight excluding hydrogens is 206 g/mol. The van der Waals surface area contributed by atoms with Crippen molar-refractivity contribution < 1.29 is 13.5 Å². The molecule has 11 heavy (non-hydrogen) atoms. The van der Waals surface area contributed by atoms with Gasteiger partial charge in [0.1, 0.15) is 0 Å². The maximum atomic E-state index is 10.9. The zero-order valence-electron chi connectivity index (χ0n) is 5.51. The van der Waals surface area contributed by atoms with Crippen molar-refractivity contribution >= 4 is 33.6 Å². The highest BCUT2D eigenvalue weighted by molar-refractivity contribution is 7.89. The number of rotatable bonds is 1. The molecule has 1 heterocycles. The summed E-state index contributed by atoms with van der Waals surface area (Å²) in [5.41, 5.74) is 0. The van der Waals surface area contributed by atoms with Crippen LogP contribution in [0.3, 0.4) is 0 Å². The monoisotopic (exact) mass is 211 g/mol. The molecule has 7 heteroatoms. The van der Waals surface area contributed by atoms with E-state index in [9.17, 15) is 8.42 Å². The van der Waals surface area contributed by atoms with Crippen molar-refractivity contribution in [1.82, 2.24) is 3.97 Å². The van der Waals surface area contributed by atoms with E-state index >= 15 is 0 Å². The van der Waals surface area contributed by atoms with Gasteiger partial charge in [-0.05, 0) is 12.2 Å². The third-order valence-electron chi connectivity index (χ3n) is 0.971. The van der Waals surface area contributed by atoms with Gasteiger partial charge in [0.2, 0.25) is 15.9 Å². The lowest BCUT2D eigenvalue weighted by Crippen LogP contribution is -2.08. The third-order valence-corrected chi connectivity index (χ3v) is 3.42. The molecule has 1 rings (SSSR count). The first-order chi connectivity index (χ1) is 4.93. The minimum absolute atomic E-state index is 0.130. The second-order valence-corrected chi connectivity index (χ2v) is 5.22. The summed E-state index contributed by atoms with van der Waals surface area (Å²) in [7, 11) is -3.45. The highest BCUT2D eigenvalue weighted by Gasteiger charge is 2.11. The highest BCUT2D eigenvalue weighted by Crippen LogP contribution is 2.18. The molecule has 1 aromatic heterocycles. The van der Waals surface area contributed by atoms with Crippen molar-refractivity contribution in [1.29, 1.82) is 0 Å². The van der Waals surface area contributed by atoms with Crippen LogP contribution < -0.4 is 0 Å². The Morgan fingerprint density at radius 3 is 2.45 bits per heavy atom. The van der Waals surface area contributed by atoms with Crippen molar-refractivity contribution in [2.75, 3.05) is 6.26 Å². The van der Waals surface area contributed by atoms with Crippen LogP contribution in [0.4, 0.5) is 0 Å². The molecule has 1 aromatic rings. The largest absolute Gasteiger partial charge is 0.493 e. The van der Waals surface area contributed by atoms with Crippen molar-refractivity contribution in [2.24, 2.45) is 0 Å². The van der Waals surface area contributed by atoms with E-state index in [4.69, 9.17) is 5.11 Å². The van der Waals surface area contributed by atoms with Crippen LogP contribution >= 0.6 is 23.6 Å². The fraction of sp³-hybridized carbons (Fsp3) is 0.250. The highest BCUT2D eigenvalue weighted by atomic mass is 32.2. The number of aromatic hydroxyl groups is 1. The maximum absolute atomic E-state index is 10.9. The van der Waals surface area contributed by atoms with Crippen LogP contribution in [0.25, 0.3) is 0 Å². The molecule has 0 unspecified atom stereocenters. The second kappa shape index (κ2) is 2.58. The predicted octanol–water partition coefficient (Wildman–Crippen LogP) is 0.792. The van der Waals surface area contributed by atoms with Gasteiger partial charge in [-0.3, -0.25) is 0 Å². The van der Waals surface area contributed by atoms with Gasteiger partial charge in [0.05, 0.1) is 11.6 Å². The van der Waals surface area contributed by atoms with E-state index in [0.29, 0.717) is 3.97 Å². The molecule has 0 fully saturated rings. The molecule has 0 bridgehead atoms. The van der Waals surface area contributed by atoms with Gasteiger partial charge in [-0.2, -0.15) is 3.97 Å². The SMILES string of the molecule is CS(=O)(=O)n1c(O)csc1=S. The van der Waals surface area contributed by atoms with Crippen molar-refractivity contribution in [3.8, 4) is 5.88 Å². The Hall–Kier alpha value is -0.400. The van der Waals surface area contributed by atoms with E-state index < -0.39 is 10.0 Å². The molecule has 0 saturated heterocycles. The van der Waals surface area contributed by atoms with Gasteiger partial charge in [0.15, 0.2) is 3.95 Å². The van der Waals surface area contributed by atoms with Gasteiger partial charge >= 0.3 is 0 Å². The molecular formula is C4H5NO3S3. The van der Waals surface area contributed by atoms with Crippen molar-refractivity contribution in [2.45, 2.75) is 0 Å². The lowest BCUT2D eigenvalue weighted by Gasteiger charge is -1.97. The normalized spacial score (nSPS) is 11.7. The number of nitrogens with zero attached hydrogens (tertiary/aromatic N) is 1. The molecule has 0 radical (unpaired) electrons. The van der Waals surface area contributed by atoms with Gasteiger partial charge in [0.25, 0.3) is 0 Å². The van der Waals surface area contributed by atoms with Crippen LogP contribution in [-0.2, 0) is 10.0 Å². The Bertz CT molecular complexity index is 412. The molecule has 0 spiro atoms. The van der Waals surface area contributed by atoms with Gasteiger partial charge < -0.3 is 5.11 Å². The summed E-state index contributed by atoms with van der Waals surface area (Å²) in [6.45, 7) is 0. The zero-order valence-corrected chi connectivity index (χ0v) is 7.96. The van der Waals surface area contributed by atoms with Gasteiger partial charge in [0, 0.05) is 0 Å². The minimum atomic E-state index is -3.45. The summed E-state index contributed by atoms with van der Waals surface area (Å²) in [4.78, 5) is 0. The van der Waals surface area contributed by atoms with Gasteiger partial charge in [-0.15, -0.1) is 11.3 Å². The number of aromatic nitrogens is 1. The average molecular weight is 211 g/mol. The first kappa shape index (κ1) is 8.69. The van der Waals surface area contributed by atoms with Crippen LogP contribution in [0.15, 0.2) is 5.38 Å². The smallest absolute Gasteiger partial charge is 0.240 e. The van der Waals surface area contributed by atoms with Crippen LogP contribution in [0.1, 0.15) is 0 Å². The lowest BCUT2D eigenvalue weighted by molar-refractivity contribution is 0.445. The van der Waals surface area contributed by atoms with Gasteiger partial charge in [-0.25, -0.2) is 8.42 Å². The fourth-order valence-corrected chi connectivity index (χ4v) is 3.01. The van der Waals surface area contributed by atoms with Crippen LogP contribution in [0.2, 0.25) is 0 Å². The van der Waals surface area contributed by atoms with E-state index in [0.717, 1.165) is 17.6 Å². The Labute approximate surface area is 72.8 Å². The molecule has 0 aromatic carbocycles. The van der Waals surface area contributed by atoms with E-state index in [1.165, 1.54) is 5.38 Å². The maximum Gasteiger partial charge on any atom is 0.240 e. The Kier molecular flexibility index (Phi) is 2.04. The second-order valence-electron chi connectivity index (χ2n) is 1.89. The molecule has 0 atom stereocenters. The number of hydrogen-bond donors (Lipinski definition) is 1. The molecule has 1 N–H and O–H groups in total. The average Bonchev–Trinajstić information content (AvgIpc) is 2.08. The molecule has 0 saturated carbocycles. The van der Waals surface area contributed by atoms with E-state index in [-0.39, 0.29) is 9.83 Å². The quantitative estimate of drug-likeness (QED) is 0.698. The van der Waals surface area contributed by atoms with E-state index in [1.54, 1.807) is 0 Å². The Morgan fingerprint density at radius 1 is 1.73 bits per heavy atom. The molecule has 0 aliphatic carbocycles. The van der Waals surface area contributed by atoms with E-state index in [1.807, 2.05) is 0 Å². The summed E-state index contributed by atoms with van der Waals surface area (Å²) < 4.78 is 22.6. The Balaban J connectivity index is 3.59. The zero-order chi connectivity index (χ0) is 8.65. The van der Waals surface area contributed by atoms with Crippen LogP contribution in [0.5, 0.6) is 5.88 Å². The van der Waals surface area contributed by atoms with Gasteiger partial charge in [-0.1, -0.05) is 0 Å². The number of thiazole rings is 1.